The normalized spacial score (nSPS) is 11.6. The summed E-state index contributed by atoms with van der Waals surface area (Å²) in [6.07, 6.45) is 1.53. The van der Waals surface area contributed by atoms with E-state index in [1.54, 1.807) is 0 Å². The van der Waals surface area contributed by atoms with Gasteiger partial charge in [-0.3, -0.25) is 9.59 Å². The Morgan fingerprint density at radius 1 is 1.12 bits per heavy atom. The Morgan fingerprint density at radius 3 is 2.18 bits per heavy atom. The number of hydrogen-bond acceptors (Lipinski definition) is 3. The van der Waals surface area contributed by atoms with Gasteiger partial charge in [-0.05, 0) is 26.7 Å². The van der Waals surface area contributed by atoms with Crippen LogP contribution in [0.15, 0.2) is 11.1 Å². The highest BCUT2D eigenvalue weighted by atomic mass is 16.4. The molecule has 0 atom stereocenters. The van der Waals surface area contributed by atoms with Crippen LogP contribution in [0.4, 0.5) is 0 Å². The van der Waals surface area contributed by atoms with Crippen LogP contribution >= 0.6 is 0 Å². The number of aliphatic carboxylic acids is 1. The van der Waals surface area contributed by atoms with E-state index in [0.29, 0.717) is 25.8 Å². The quantitative estimate of drug-likeness (QED) is 0.437. The van der Waals surface area contributed by atoms with Crippen LogP contribution in [0.25, 0.3) is 0 Å². The summed E-state index contributed by atoms with van der Waals surface area (Å²) < 4.78 is 0. The van der Waals surface area contributed by atoms with Crippen LogP contribution in [0.5, 0.6) is 0 Å². The molecule has 2 amide bonds. The molecule has 0 aliphatic carbocycles. The Labute approximate surface area is 99.9 Å². The van der Waals surface area contributed by atoms with Gasteiger partial charge in [0, 0.05) is 24.1 Å². The van der Waals surface area contributed by atoms with Crippen molar-refractivity contribution >= 4 is 17.8 Å². The third-order valence-electron chi connectivity index (χ3n) is 2.36. The summed E-state index contributed by atoms with van der Waals surface area (Å²) >= 11 is 0. The van der Waals surface area contributed by atoms with Gasteiger partial charge in [0.25, 0.3) is 0 Å². The molecule has 0 spiro atoms. The second-order valence-corrected chi connectivity index (χ2v) is 3.73. The summed E-state index contributed by atoms with van der Waals surface area (Å²) in [5, 5.41) is 11.3. The zero-order valence-corrected chi connectivity index (χ0v) is 10.1. The second-order valence-electron chi connectivity index (χ2n) is 3.73. The molecule has 0 rings (SSSR count). The molecule has 6 heteroatoms. The number of carboxylic acids is 1. The minimum atomic E-state index is -1.11. The molecule has 17 heavy (non-hydrogen) atoms. The Kier molecular flexibility index (Phi) is 6.62. The molecule has 96 valence electrons. The predicted octanol–water partition coefficient (Wildman–Crippen LogP) is 0.179. The Morgan fingerprint density at radius 2 is 1.71 bits per heavy atom. The minimum Gasteiger partial charge on any atom is -0.478 e. The zero-order chi connectivity index (χ0) is 13.4. The maximum absolute atomic E-state index is 11.5. The number of carboxylic acid groups (broad SMARTS) is 1. The number of nitrogens with one attached hydrogen (secondary N) is 1. The minimum absolute atomic E-state index is 0.0274. The number of carbonyl (C=O) groups is 3. The molecule has 0 aromatic heterocycles. The molecule has 0 aromatic carbocycles. The Hall–Kier alpha value is -1.85. The highest BCUT2D eigenvalue weighted by molar-refractivity contribution is 6.01. The van der Waals surface area contributed by atoms with Gasteiger partial charge in [-0.1, -0.05) is 0 Å². The fourth-order valence-electron chi connectivity index (χ4n) is 1.09. The van der Waals surface area contributed by atoms with Crippen LogP contribution in [0, 0.1) is 0 Å². The molecule has 0 aromatic rings. The number of rotatable bonds is 7. The van der Waals surface area contributed by atoms with Gasteiger partial charge in [-0.15, -0.1) is 0 Å². The highest BCUT2D eigenvalue weighted by Crippen LogP contribution is 2.03. The number of unbranched alkanes of at least 4 members (excludes halogenated alkanes) is 1. The zero-order valence-electron chi connectivity index (χ0n) is 10.1. The van der Waals surface area contributed by atoms with Crippen molar-refractivity contribution in [2.24, 2.45) is 5.73 Å². The first-order chi connectivity index (χ1) is 7.86. The lowest BCUT2D eigenvalue weighted by Crippen LogP contribution is -2.26. The summed E-state index contributed by atoms with van der Waals surface area (Å²) in [4.78, 5) is 32.5. The van der Waals surface area contributed by atoms with Crippen molar-refractivity contribution in [3.63, 3.8) is 0 Å². The van der Waals surface area contributed by atoms with Gasteiger partial charge in [-0.25, -0.2) is 4.79 Å². The van der Waals surface area contributed by atoms with E-state index in [4.69, 9.17) is 10.8 Å². The molecule has 0 heterocycles. The van der Waals surface area contributed by atoms with Gasteiger partial charge in [0.05, 0.1) is 0 Å². The average Bonchev–Trinajstić information content (AvgIpc) is 2.25. The lowest BCUT2D eigenvalue weighted by Gasteiger charge is -2.06. The van der Waals surface area contributed by atoms with Gasteiger partial charge in [0.1, 0.15) is 0 Å². The number of amides is 2. The summed E-state index contributed by atoms with van der Waals surface area (Å²) in [5.74, 6) is -1.87. The summed E-state index contributed by atoms with van der Waals surface area (Å²) in [6, 6.07) is 0. The molecule has 0 aliphatic heterocycles. The van der Waals surface area contributed by atoms with Crippen molar-refractivity contribution in [2.75, 3.05) is 6.54 Å². The molecular weight excluding hydrogens is 224 g/mol. The molecule has 0 radical (unpaired) electrons. The van der Waals surface area contributed by atoms with Crippen LogP contribution < -0.4 is 11.1 Å². The first kappa shape index (κ1) is 15.2. The van der Waals surface area contributed by atoms with Crippen LogP contribution in [-0.4, -0.2) is 29.4 Å². The molecule has 0 fully saturated rings. The standard InChI is InChI=1S/C11H18N2O4/c1-7(8(2)11(16)17)10(15)13-6-4-3-5-9(12)14/h3-6H2,1-2H3,(H2,12,14)(H,13,15)(H,16,17). The predicted molar refractivity (Wildman–Crippen MR) is 62.1 cm³/mol. The van der Waals surface area contributed by atoms with Crippen molar-refractivity contribution in [1.82, 2.24) is 5.32 Å². The van der Waals surface area contributed by atoms with Crippen molar-refractivity contribution in [1.29, 1.82) is 0 Å². The van der Waals surface area contributed by atoms with E-state index < -0.39 is 11.9 Å². The monoisotopic (exact) mass is 242 g/mol. The van der Waals surface area contributed by atoms with E-state index in [1.807, 2.05) is 0 Å². The summed E-state index contributed by atoms with van der Waals surface area (Å²) in [7, 11) is 0. The molecule has 0 aliphatic rings. The summed E-state index contributed by atoms with van der Waals surface area (Å²) in [5.41, 5.74) is 5.17. The van der Waals surface area contributed by atoms with E-state index in [2.05, 4.69) is 5.32 Å². The van der Waals surface area contributed by atoms with E-state index >= 15 is 0 Å². The molecule has 4 N–H and O–H groups in total. The first-order valence-corrected chi connectivity index (χ1v) is 5.33. The van der Waals surface area contributed by atoms with Gasteiger partial charge in [0.15, 0.2) is 0 Å². The molecule has 6 nitrogen and oxygen atoms in total. The fraction of sp³-hybridized carbons (Fsp3) is 0.545. The highest BCUT2D eigenvalue weighted by Gasteiger charge is 2.11. The molecule has 0 bridgehead atoms. The third-order valence-corrected chi connectivity index (χ3v) is 2.36. The largest absolute Gasteiger partial charge is 0.478 e. The van der Waals surface area contributed by atoms with Crippen LogP contribution in [0.1, 0.15) is 33.1 Å². The maximum atomic E-state index is 11.5. The van der Waals surface area contributed by atoms with Gasteiger partial charge in [0.2, 0.25) is 11.8 Å². The van der Waals surface area contributed by atoms with Gasteiger partial charge >= 0.3 is 5.97 Å². The number of nitrogens with two attached hydrogens (primary N) is 1. The van der Waals surface area contributed by atoms with E-state index in [0.717, 1.165) is 0 Å². The van der Waals surface area contributed by atoms with Crippen molar-refractivity contribution in [3.05, 3.63) is 11.1 Å². The number of hydrogen-bond donors (Lipinski definition) is 3. The number of primary amides is 1. The fourth-order valence-corrected chi connectivity index (χ4v) is 1.09. The van der Waals surface area contributed by atoms with Crippen LogP contribution in [-0.2, 0) is 14.4 Å². The van der Waals surface area contributed by atoms with Crippen LogP contribution in [0.3, 0.4) is 0 Å². The lowest BCUT2D eigenvalue weighted by molar-refractivity contribution is -0.133. The molecule has 0 saturated carbocycles. The summed E-state index contributed by atoms with van der Waals surface area (Å²) in [6.45, 7) is 3.24. The molecule has 0 saturated heterocycles. The van der Waals surface area contributed by atoms with Crippen molar-refractivity contribution < 1.29 is 19.5 Å². The SMILES string of the molecule is CC(C(=O)O)=C(C)C(=O)NCCCCC(N)=O. The van der Waals surface area contributed by atoms with E-state index in [9.17, 15) is 14.4 Å². The number of carbonyl (C=O) groups excluding carboxylic acids is 2. The second kappa shape index (κ2) is 7.43. The Balaban J connectivity index is 3.99. The maximum Gasteiger partial charge on any atom is 0.331 e. The molecular formula is C11H18N2O4. The Bertz CT molecular complexity index is 347. The van der Waals surface area contributed by atoms with Gasteiger partial charge < -0.3 is 16.2 Å². The lowest BCUT2D eigenvalue weighted by atomic mass is 10.1. The first-order valence-electron chi connectivity index (χ1n) is 5.33. The van der Waals surface area contributed by atoms with E-state index in [-0.39, 0.29) is 17.1 Å². The van der Waals surface area contributed by atoms with Gasteiger partial charge in [-0.2, -0.15) is 0 Å². The van der Waals surface area contributed by atoms with Crippen molar-refractivity contribution in [3.8, 4) is 0 Å². The van der Waals surface area contributed by atoms with Crippen molar-refractivity contribution in [2.45, 2.75) is 33.1 Å². The van der Waals surface area contributed by atoms with E-state index in [1.165, 1.54) is 13.8 Å². The van der Waals surface area contributed by atoms with Crippen LogP contribution in [0.2, 0.25) is 0 Å². The topological polar surface area (TPSA) is 109 Å². The average molecular weight is 242 g/mol. The third kappa shape index (κ3) is 6.34. The molecule has 0 unspecified atom stereocenters. The smallest absolute Gasteiger partial charge is 0.331 e.